The maximum Gasteiger partial charge on any atom is 0.257 e. The predicted molar refractivity (Wildman–Crippen MR) is 116 cm³/mol. The van der Waals surface area contributed by atoms with E-state index in [2.05, 4.69) is 20.8 Å². The van der Waals surface area contributed by atoms with Crippen LogP contribution < -0.4 is 24.8 Å². The number of anilines is 1. The number of hydrogen-bond acceptors (Lipinski definition) is 8. The molecule has 0 unspecified atom stereocenters. The Hall–Kier alpha value is -3.66. The Morgan fingerprint density at radius 1 is 0.903 bits per heavy atom. The van der Waals surface area contributed by atoms with E-state index in [4.69, 9.17) is 14.2 Å². The van der Waals surface area contributed by atoms with Gasteiger partial charge in [0.15, 0.2) is 11.5 Å². The predicted octanol–water partition coefficient (Wildman–Crippen LogP) is 2.79. The third-order valence-electron chi connectivity index (χ3n) is 4.29. The normalized spacial score (nSPS) is 10.3. The molecule has 1 heterocycles. The van der Waals surface area contributed by atoms with Gasteiger partial charge in [-0.15, -0.1) is 10.2 Å². The van der Waals surface area contributed by atoms with Gasteiger partial charge in [-0.3, -0.25) is 14.9 Å². The number of carbonyl (C=O) groups is 2. The average molecular weight is 442 g/mol. The summed E-state index contributed by atoms with van der Waals surface area (Å²) in [7, 11) is 4.58. The number of nitrogens with one attached hydrogen (secondary N) is 2. The van der Waals surface area contributed by atoms with E-state index < -0.39 is 0 Å². The van der Waals surface area contributed by atoms with Gasteiger partial charge in [0.2, 0.25) is 5.13 Å². The van der Waals surface area contributed by atoms with E-state index in [1.165, 1.54) is 25.6 Å². The van der Waals surface area contributed by atoms with Crippen molar-refractivity contribution in [1.82, 2.24) is 15.5 Å². The van der Waals surface area contributed by atoms with E-state index >= 15 is 0 Å². The van der Waals surface area contributed by atoms with Crippen molar-refractivity contribution in [1.29, 1.82) is 0 Å². The average Bonchev–Trinajstić information content (AvgIpc) is 3.25. The number of carbonyl (C=O) groups excluding carboxylic acids is 2. The molecule has 0 saturated carbocycles. The maximum atomic E-state index is 12.5. The molecule has 2 amide bonds. The number of rotatable bonds is 9. The lowest BCUT2D eigenvalue weighted by atomic mass is 10.2. The lowest BCUT2D eigenvalue weighted by Crippen LogP contribution is -2.25. The second-order valence-corrected chi connectivity index (χ2v) is 7.32. The minimum Gasteiger partial charge on any atom is -0.497 e. The maximum absolute atomic E-state index is 12.5. The summed E-state index contributed by atoms with van der Waals surface area (Å²) in [6.07, 6.45) is 0.486. The highest BCUT2D eigenvalue weighted by Gasteiger charge is 2.14. The number of methoxy groups -OCH3 is 3. The van der Waals surface area contributed by atoms with E-state index in [9.17, 15) is 9.59 Å². The molecule has 9 nitrogen and oxygen atoms in total. The Morgan fingerprint density at radius 2 is 1.68 bits per heavy atom. The summed E-state index contributed by atoms with van der Waals surface area (Å²) in [5, 5.41) is 14.6. The van der Waals surface area contributed by atoms with Crippen molar-refractivity contribution in [3.05, 3.63) is 58.6 Å². The van der Waals surface area contributed by atoms with Crippen LogP contribution in [0.2, 0.25) is 0 Å². The second-order valence-electron chi connectivity index (χ2n) is 6.26. The van der Waals surface area contributed by atoms with E-state index in [0.29, 0.717) is 51.5 Å². The minimum absolute atomic E-state index is 0.203. The Balaban J connectivity index is 1.53. The molecule has 31 heavy (non-hydrogen) atoms. The topological polar surface area (TPSA) is 112 Å². The summed E-state index contributed by atoms with van der Waals surface area (Å²) in [6, 6.07) is 11.8. The van der Waals surface area contributed by atoms with Crippen LogP contribution in [0.4, 0.5) is 5.13 Å². The summed E-state index contributed by atoms with van der Waals surface area (Å²) in [6.45, 7) is 0.383. The molecule has 0 atom stereocenters. The zero-order valence-corrected chi connectivity index (χ0v) is 18.1. The number of nitrogens with zero attached hydrogens (tertiary/aromatic N) is 2. The molecule has 0 aliphatic carbocycles. The molecule has 0 fully saturated rings. The van der Waals surface area contributed by atoms with Crippen molar-refractivity contribution in [3.8, 4) is 17.2 Å². The van der Waals surface area contributed by atoms with Gasteiger partial charge in [0.25, 0.3) is 11.8 Å². The highest BCUT2D eigenvalue weighted by molar-refractivity contribution is 7.15. The number of hydrogen-bond donors (Lipinski definition) is 2. The molecule has 3 rings (SSSR count). The zero-order chi connectivity index (χ0) is 22.2. The quantitative estimate of drug-likeness (QED) is 0.524. The molecule has 1 aromatic heterocycles. The molecule has 162 valence electrons. The number of amides is 2. The smallest absolute Gasteiger partial charge is 0.257 e. The summed E-state index contributed by atoms with van der Waals surface area (Å²) in [4.78, 5) is 24.7. The van der Waals surface area contributed by atoms with Crippen LogP contribution in [0.25, 0.3) is 0 Å². The fourth-order valence-corrected chi connectivity index (χ4v) is 3.44. The molecule has 0 saturated heterocycles. The van der Waals surface area contributed by atoms with E-state index in [-0.39, 0.29) is 11.8 Å². The molecule has 0 aliphatic heterocycles. The molecule has 10 heteroatoms. The Kier molecular flexibility index (Phi) is 7.39. The largest absolute Gasteiger partial charge is 0.497 e. The van der Waals surface area contributed by atoms with Gasteiger partial charge < -0.3 is 19.5 Å². The van der Waals surface area contributed by atoms with Crippen molar-refractivity contribution in [2.75, 3.05) is 33.2 Å². The molecule has 0 aliphatic rings. The Morgan fingerprint density at radius 3 is 2.42 bits per heavy atom. The van der Waals surface area contributed by atoms with E-state index in [1.807, 2.05) is 0 Å². The molecule has 0 spiro atoms. The van der Waals surface area contributed by atoms with Gasteiger partial charge in [0, 0.05) is 24.1 Å². The first kappa shape index (κ1) is 22.0. The van der Waals surface area contributed by atoms with Crippen molar-refractivity contribution >= 4 is 28.3 Å². The third-order valence-corrected chi connectivity index (χ3v) is 5.19. The molecule has 0 radical (unpaired) electrons. The highest BCUT2D eigenvalue weighted by atomic mass is 32.1. The summed E-state index contributed by atoms with van der Waals surface area (Å²) < 4.78 is 15.5. The number of ether oxygens (including phenoxy) is 3. The lowest BCUT2D eigenvalue weighted by Gasteiger charge is -2.08. The third kappa shape index (κ3) is 5.70. The first-order chi connectivity index (χ1) is 15.0. The van der Waals surface area contributed by atoms with Crippen LogP contribution in [0.1, 0.15) is 25.7 Å². The second kappa shape index (κ2) is 10.4. The molecule has 2 N–H and O–H groups in total. The fraction of sp³-hybridized carbons (Fsp3) is 0.238. The van der Waals surface area contributed by atoms with Crippen LogP contribution in [0.3, 0.4) is 0 Å². The van der Waals surface area contributed by atoms with Crippen molar-refractivity contribution in [2.45, 2.75) is 6.42 Å². The van der Waals surface area contributed by atoms with Crippen molar-refractivity contribution in [2.24, 2.45) is 0 Å². The number of benzene rings is 2. The van der Waals surface area contributed by atoms with Crippen LogP contribution >= 0.6 is 11.3 Å². The SMILES string of the molecule is COc1cccc(C(=O)NCCc2nnc(NC(=O)c3ccc(OC)c(OC)c3)s2)c1. The summed E-state index contributed by atoms with van der Waals surface area (Å²) >= 11 is 1.25. The van der Waals surface area contributed by atoms with Crippen molar-refractivity contribution in [3.63, 3.8) is 0 Å². The van der Waals surface area contributed by atoms with Gasteiger partial charge in [-0.05, 0) is 36.4 Å². The van der Waals surface area contributed by atoms with Gasteiger partial charge >= 0.3 is 0 Å². The van der Waals surface area contributed by atoms with Gasteiger partial charge in [-0.2, -0.15) is 0 Å². The van der Waals surface area contributed by atoms with Gasteiger partial charge in [0.1, 0.15) is 10.8 Å². The first-order valence-corrected chi connectivity index (χ1v) is 10.1. The Bertz CT molecular complexity index is 1070. The number of aromatic nitrogens is 2. The summed E-state index contributed by atoms with van der Waals surface area (Å²) in [5.74, 6) is 1.07. The Labute approximate surface area is 183 Å². The molecular formula is C21H22N4O5S. The van der Waals surface area contributed by atoms with Gasteiger partial charge in [-0.25, -0.2) is 0 Å². The zero-order valence-electron chi connectivity index (χ0n) is 17.3. The lowest BCUT2D eigenvalue weighted by molar-refractivity contribution is 0.0953. The van der Waals surface area contributed by atoms with Gasteiger partial charge in [0.05, 0.1) is 21.3 Å². The van der Waals surface area contributed by atoms with Crippen LogP contribution in [-0.2, 0) is 6.42 Å². The van der Waals surface area contributed by atoms with E-state index in [1.54, 1.807) is 49.6 Å². The van der Waals surface area contributed by atoms with Crippen LogP contribution in [0.15, 0.2) is 42.5 Å². The molecule has 0 bridgehead atoms. The highest BCUT2D eigenvalue weighted by Crippen LogP contribution is 2.28. The monoisotopic (exact) mass is 442 g/mol. The van der Waals surface area contributed by atoms with Crippen LogP contribution in [-0.4, -0.2) is 49.9 Å². The molecule has 3 aromatic rings. The summed E-state index contributed by atoms with van der Waals surface area (Å²) in [5.41, 5.74) is 0.916. The standard InChI is InChI=1S/C21H22N4O5S/c1-28-15-6-4-5-13(11-15)19(26)22-10-9-18-24-25-21(31-18)23-20(27)14-7-8-16(29-2)17(12-14)30-3/h4-8,11-12H,9-10H2,1-3H3,(H,22,26)(H,23,25,27). The van der Waals surface area contributed by atoms with Gasteiger partial charge in [-0.1, -0.05) is 17.4 Å². The molecular weight excluding hydrogens is 420 g/mol. The fourth-order valence-electron chi connectivity index (χ4n) is 2.70. The molecule has 2 aromatic carbocycles. The first-order valence-electron chi connectivity index (χ1n) is 9.32. The van der Waals surface area contributed by atoms with Crippen LogP contribution in [0, 0.1) is 0 Å². The van der Waals surface area contributed by atoms with E-state index in [0.717, 1.165) is 0 Å². The minimum atomic E-state index is -0.338. The van der Waals surface area contributed by atoms with Crippen molar-refractivity contribution < 1.29 is 23.8 Å². The van der Waals surface area contributed by atoms with Crippen LogP contribution in [0.5, 0.6) is 17.2 Å².